The zero-order chi connectivity index (χ0) is 54.9. The van der Waals surface area contributed by atoms with Crippen LogP contribution in [0.5, 0.6) is 0 Å². The van der Waals surface area contributed by atoms with Gasteiger partial charge < -0.3 is 19.8 Å². The Morgan fingerprint density at radius 1 is 0.467 bits per heavy atom. The van der Waals surface area contributed by atoms with Crippen molar-refractivity contribution in [3.63, 3.8) is 0 Å². The third kappa shape index (κ3) is 57.9. The molecule has 0 bridgehead atoms. The zero-order valence-electron chi connectivity index (χ0n) is 48.5. The summed E-state index contributed by atoms with van der Waals surface area (Å²) in [6.07, 6.45) is 85.4. The molecule has 1 amide bonds. The molecule has 3 N–H and O–H groups in total. The second-order valence-electron chi connectivity index (χ2n) is 20.6. The number of hydrogen-bond acceptors (Lipinski definition) is 5. The summed E-state index contributed by atoms with van der Waals surface area (Å²) < 4.78 is 23.6. The summed E-state index contributed by atoms with van der Waals surface area (Å²) in [6, 6.07) is -0.878. The standard InChI is InChI=1S/C66H111N2O6P/c1-6-8-10-12-14-16-18-20-21-22-23-24-25-26-27-28-29-30-31-32-33-34-35-36-37-38-39-40-41-42-43-44-45-46-47-48-50-52-54-56-58-60-66(70)67-64(63-74-75(71,72)73-62-61-68(3,4)5)65(69)59-57-55-53-51-49-19-17-15-13-11-9-7-2/h8,10,13-16,20-21,23-24,26-27,29-30,32-33,35-36,38-39,49,51,57,59,64-65,69H,6-7,9,11-12,17-19,22,25,28,31,34,37,40-48,50,52-56,58,60-63H2,1-5H3,(H-,67,70,71,72)/p+1/b10-8-,15-13+,16-14-,21-20-,24-23-,27-26-,30-29-,33-32-,36-35-,39-38-,51-49+,59-57+. The molecule has 0 heterocycles. The number of rotatable bonds is 52. The number of carbonyl (C=O) groups is 1. The number of hydrogen-bond donors (Lipinski definition) is 3. The van der Waals surface area contributed by atoms with Gasteiger partial charge in [0.15, 0.2) is 0 Å². The quantitative estimate of drug-likeness (QED) is 0.0243. The third-order valence-corrected chi connectivity index (χ3v) is 13.3. The van der Waals surface area contributed by atoms with Crippen molar-refractivity contribution in [3.05, 3.63) is 146 Å². The van der Waals surface area contributed by atoms with Gasteiger partial charge in [-0.1, -0.05) is 243 Å². The van der Waals surface area contributed by atoms with Crippen molar-refractivity contribution in [2.45, 2.75) is 225 Å². The molecule has 0 radical (unpaired) electrons. The predicted octanol–water partition coefficient (Wildman–Crippen LogP) is 18.5. The largest absolute Gasteiger partial charge is 0.472 e. The van der Waals surface area contributed by atoms with E-state index in [1.165, 1.54) is 83.5 Å². The van der Waals surface area contributed by atoms with Crippen LogP contribution in [0, 0.1) is 0 Å². The van der Waals surface area contributed by atoms with Crippen LogP contribution in [-0.4, -0.2) is 73.4 Å². The molecule has 3 atom stereocenters. The Balaban J connectivity index is 4.04. The molecular weight excluding hydrogens is 948 g/mol. The molecule has 0 aliphatic rings. The van der Waals surface area contributed by atoms with Crippen molar-refractivity contribution in [1.29, 1.82) is 0 Å². The van der Waals surface area contributed by atoms with Crippen LogP contribution in [0.1, 0.15) is 213 Å². The second kappa shape index (κ2) is 55.1. The first-order valence-corrected chi connectivity index (χ1v) is 31.2. The highest BCUT2D eigenvalue weighted by Gasteiger charge is 2.27. The van der Waals surface area contributed by atoms with Crippen LogP contribution in [0.4, 0.5) is 0 Å². The summed E-state index contributed by atoms with van der Waals surface area (Å²) >= 11 is 0. The van der Waals surface area contributed by atoms with E-state index >= 15 is 0 Å². The highest BCUT2D eigenvalue weighted by atomic mass is 31.2. The van der Waals surface area contributed by atoms with E-state index in [2.05, 4.69) is 153 Å². The SMILES string of the molecule is CC/C=C\C/C=C\C/C=C\C/C=C\C/C=C\C/C=C\C/C=C\C/C=C\C/C=C\CCCCCCCCCCCCCCCC(=O)NC(COP(=O)(O)OCC[N+](C)(C)C)C(O)/C=C/CC/C=C/CC/C=C/CCCC. The van der Waals surface area contributed by atoms with Gasteiger partial charge in [0.05, 0.1) is 39.9 Å². The van der Waals surface area contributed by atoms with Gasteiger partial charge in [-0.2, -0.15) is 0 Å². The number of phosphoric ester groups is 1. The lowest BCUT2D eigenvalue weighted by atomic mass is 10.0. The summed E-state index contributed by atoms with van der Waals surface area (Å²) in [5.74, 6) is -0.200. The number of allylic oxidation sites excluding steroid dienone is 23. The highest BCUT2D eigenvalue weighted by Crippen LogP contribution is 2.43. The lowest BCUT2D eigenvalue weighted by molar-refractivity contribution is -0.870. The minimum absolute atomic E-state index is 0.0470. The number of likely N-dealkylation sites (N-methyl/N-ethyl adjacent to an activating group) is 1. The smallest absolute Gasteiger partial charge is 0.387 e. The fourth-order valence-electron chi connectivity index (χ4n) is 7.64. The number of aliphatic hydroxyl groups excluding tert-OH is 1. The van der Waals surface area contributed by atoms with E-state index in [1.54, 1.807) is 6.08 Å². The van der Waals surface area contributed by atoms with Crippen molar-refractivity contribution in [1.82, 2.24) is 5.32 Å². The second-order valence-corrected chi connectivity index (χ2v) is 22.1. The Kier molecular flexibility index (Phi) is 52.5. The number of phosphoric acid groups is 1. The molecule has 9 heteroatoms. The van der Waals surface area contributed by atoms with Crippen LogP contribution in [-0.2, 0) is 18.4 Å². The van der Waals surface area contributed by atoms with Gasteiger partial charge in [-0.15, -0.1) is 0 Å². The van der Waals surface area contributed by atoms with Gasteiger partial charge in [-0.3, -0.25) is 13.8 Å². The monoisotopic (exact) mass is 1060 g/mol. The Hall–Kier alpha value is -3.62. The minimum atomic E-state index is -4.36. The van der Waals surface area contributed by atoms with Gasteiger partial charge >= 0.3 is 7.82 Å². The van der Waals surface area contributed by atoms with Crippen molar-refractivity contribution in [3.8, 4) is 0 Å². The van der Waals surface area contributed by atoms with E-state index in [-0.39, 0.29) is 19.1 Å². The number of nitrogens with one attached hydrogen (secondary N) is 1. The lowest BCUT2D eigenvalue weighted by Crippen LogP contribution is -2.45. The average molecular weight is 1060 g/mol. The van der Waals surface area contributed by atoms with E-state index in [1.807, 2.05) is 27.2 Å². The van der Waals surface area contributed by atoms with Gasteiger partial charge in [0.1, 0.15) is 13.2 Å². The zero-order valence-corrected chi connectivity index (χ0v) is 49.4. The first kappa shape index (κ1) is 71.4. The van der Waals surface area contributed by atoms with E-state index in [9.17, 15) is 19.4 Å². The van der Waals surface area contributed by atoms with Crippen molar-refractivity contribution in [2.24, 2.45) is 0 Å². The lowest BCUT2D eigenvalue weighted by Gasteiger charge is -2.25. The maximum Gasteiger partial charge on any atom is 0.472 e. The van der Waals surface area contributed by atoms with E-state index in [0.717, 1.165) is 109 Å². The molecule has 0 spiro atoms. The Labute approximate surface area is 461 Å². The summed E-state index contributed by atoms with van der Waals surface area (Å²) in [7, 11) is 1.53. The maximum atomic E-state index is 12.9. The van der Waals surface area contributed by atoms with Crippen LogP contribution in [0.3, 0.4) is 0 Å². The molecule has 0 aliphatic carbocycles. The van der Waals surface area contributed by atoms with Gasteiger partial charge in [-0.05, 0) is 109 Å². The number of unbranched alkanes of at least 4 members (excludes halogenated alkanes) is 17. The van der Waals surface area contributed by atoms with Crippen molar-refractivity contribution >= 4 is 13.7 Å². The normalized spacial score (nSPS) is 14.9. The van der Waals surface area contributed by atoms with E-state index in [0.29, 0.717) is 17.4 Å². The van der Waals surface area contributed by atoms with E-state index < -0.39 is 20.0 Å². The summed E-state index contributed by atoms with van der Waals surface area (Å²) in [6.45, 7) is 4.60. The molecule has 0 aliphatic heterocycles. The number of carbonyl (C=O) groups excluding carboxylic acids is 1. The molecule has 3 unspecified atom stereocenters. The molecule has 8 nitrogen and oxygen atoms in total. The molecular formula is C66H112N2O6P+. The molecule has 0 saturated carbocycles. The first-order chi connectivity index (χ1) is 36.5. The fourth-order valence-corrected chi connectivity index (χ4v) is 8.38. The number of quaternary nitrogens is 1. The Bertz CT molecular complexity index is 1720. The minimum Gasteiger partial charge on any atom is -0.387 e. The summed E-state index contributed by atoms with van der Waals surface area (Å²) in [5, 5.41) is 13.8. The van der Waals surface area contributed by atoms with Crippen LogP contribution in [0.15, 0.2) is 146 Å². The molecule has 0 saturated heterocycles. The summed E-state index contributed by atoms with van der Waals surface area (Å²) in [5.41, 5.74) is 0. The van der Waals surface area contributed by atoms with Crippen molar-refractivity contribution in [2.75, 3.05) is 40.9 Å². The molecule has 75 heavy (non-hydrogen) atoms. The fraction of sp³-hybridized carbons (Fsp3) is 0.621. The van der Waals surface area contributed by atoms with Crippen molar-refractivity contribution < 1.29 is 32.9 Å². The predicted molar refractivity (Wildman–Crippen MR) is 327 cm³/mol. The molecule has 0 rings (SSSR count). The van der Waals surface area contributed by atoms with Gasteiger partial charge in [-0.25, -0.2) is 4.57 Å². The van der Waals surface area contributed by atoms with Gasteiger partial charge in [0.25, 0.3) is 0 Å². The van der Waals surface area contributed by atoms with Crippen LogP contribution in [0.25, 0.3) is 0 Å². The van der Waals surface area contributed by atoms with Crippen LogP contribution >= 0.6 is 7.82 Å². The Morgan fingerprint density at radius 2 is 0.813 bits per heavy atom. The maximum absolute atomic E-state index is 12.9. The number of nitrogens with zero attached hydrogens (tertiary/aromatic N) is 1. The van der Waals surface area contributed by atoms with Gasteiger partial charge in [0.2, 0.25) is 5.91 Å². The van der Waals surface area contributed by atoms with Crippen LogP contribution < -0.4 is 5.32 Å². The van der Waals surface area contributed by atoms with E-state index in [4.69, 9.17) is 9.05 Å². The van der Waals surface area contributed by atoms with Gasteiger partial charge in [0, 0.05) is 6.42 Å². The topological polar surface area (TPSA) is 105 Å². The Morgan fingerprint density at radius 3 is 1.23 bits per heavy atom. The number of amides is 1. The molecule has 0 aromatic rings. The molecule has 0 fully saturated rings. The average Bonchev–Trinajstić information content (AvgIpc) is 3.37. The molecule has 0 aromatic heterocycles. The van der Waals surface area contributed by atoms with Crippen LogP contribution in [0.2, 0.25) is 0 Å². The molecule has 426 valence electrons. The highest BCUT2D eigenvalue weighted by molar-refractivity contribution is 7.47. The first-order valence-electron chi connectivity index (χ1n) is 29.7. The number of aliphatic hydroxyl groups is 1. The third-order valence-electron chi connectivity index (χ3n) is 12.3. The summed E-state index contributed by atoms with van der Waals surface area (Å²) in [4.78, 5) is 23.2. The molecule has 0 aromatic carbocycles.